The van der Waals surface area contributed by atoms with E-state index in [9.17, 15) is 4.21 Å². The van der Waals surface area contributed by atoms with Crippen molar-refractivity contribution in [2.45, 2.75) is 54.0 Å². The van der Waals surface area contributed by atoms with Crippen LogP contribution in [-0.2, 0) is 24.0 Å². The Morgan fingerprint density at radius 2 is 1.84 bits per heavy atom. The number of allylic oxidation sites excluding steroid dienone is 5. The fraction of sp³-hybridized carbons (Fsp3) is 0.455. The van der Waals surface area contributed by atoms with E-state index in [1.165, 1.54) is 23.1 Å². The lowest BCUT2D eigenvalue weighted by Gasteiger charge is -2.27. The summed E-state index contributed by atoms with van der Waals surface area (Å²) in [4.78, 5) is 0.888. The summed E-state index contributed by atoms with van der Waals surface area (Å²) < 4.78 is 14.7. The molecule has 0 saturated carbocycles. The van der Waals surface area contributed by atoms with Gasteiger partial charge in [0.25, 0.3) is 0 Å². The minimum absolute atomic E-state index is 0.428. The fourth-order valence-electron chi connectivity index (χ4n) is 2.58. The van der Waals surface area contributed by atoms with Gasteiger partial charge in [-0.1, -0.05) is 77.1 Å². The SMILES string of the molecule is C=C/C(=C\C=C(/C)S(=O)N1CCc2ccccc2C1)C(C)C.CCC. The summed E-state index contributed by atoms with van der Waals surface area (Å²) in [7, 11) is -1.07. The Morgan fingerprint density at radius 3 is 2.40 bits per heavy atom. The lowest BCUT2D eigenvalue weighted by molar-refractivity contribution is 0.423. The van der Waals surface area contributed by atoms with Gasteiger partial charge in [-0.2, -0.15) is 0 Å². The third kappa shape index (κ3) is 6.75. The van der Waals surface area contributed by atoms with Gasteiger partial charge < -0.3 is 0 Å². The first-order valence-electron chi connectivity index (χ1n) is 9.19. The molecule has 0 aliphatic carbocycles. The van der Waals surface area contributed by atoms with Crippen LogP contribution in [-0.4, -0.2) is 15.1 Å². The topological polar surface area (TPSA) is 20.3 Å². The summed E-state index contributed by atoms with van der Waals surface area (Å²) in [5, 5.41) is 0. The third-order valence-corrected chi connectivity index (χ3v) is 5.49. The number of hydrogen-bond acceptors (Lipinski definition) is 1. The van der Waals surface area contributed by atoms with Crippen LogP contribution >= 0.6 is 0 Å². The lowest BCUT2D eigenvalue weighted by Crippen LogP contribution is -2.32. The molecule has 2 nitrogen and oxygen atoms in total. The number of fused-ring (bicyclic) bond motifs is 1. The normalized spacial score (nSPS) is 16.7. The van der Waals surface area contributed by atoms with E-state index in [-0.39, 0.29) is 0 Å². The van der Waals surface area contributed by atoms with E-state index in [0.717, 1.165) is 24.4 Å². The molecule has 0 N–H and O–H groups in total. The molecule has 1 aromatic rings. The molecular formula is C22H33NOS. The van der Waals surface area contributed by atoms with Crippen LogP contribution in [0.2, 0.25) is 0 Å². The largest absolute Gasteiger partial charge is 0.238 e. The van der Waals surface area contributed by atoms with Crippen LogP contribution in [0.3, 0.4) is 0 Å². The zero-order valence-corrected chi connectivity index (χ0v) is 17.2. The van der Waals surface area contributed by atoms with Gasteiger partial charge in [0.1, 0.15) is 11.0 Å². The van der Waals surface area contributed by atoms with Gasteiger partial charge in [-0.25, -0.2) is 8.51 Å². The Hall–Kier alpha value is -1.45. The van der Waals surface area contributed by atoms with Crippen molar-refractivity contribution in [3.63, 3.8) is 0 Å². The Balaban J connectivity index is 0.000000970. The van der Waals surface area contributed by atoms with Crippen molar-refractivity contribution >= 4 is 11.0 Å². The highest BCUT2D eigenvalue weighted by Crippen LogP contribution is 2.22. The maximum absolute atomic E-state index is 12.7. The van der Waals surface area contributed by atoms with E-state index in [1.807, 2.05) is 29.5 Å². The highest BCUT2D eigenvalue weighted by molar-refractivity contribution is 7.86. The van der Waals surface area contributed by atoms with Crippen molar-refractivity contribution in [2.24, 2.45) is 5.92 Å². The molecule has 2 rings (SSSR count). The van der Waals surface area contributed by atoms with Gasteiger partial charge in [-0.05, 0) is 42.0 Å². The van der Waals surface area contributed by atoms with Crippen molar-refractivity contribution in [2.75, 3.05) is 6.54 Å². The second-order valence-corrected chi connectivity index (χ2v) is 8.30. The summed E-state index contributed by atoms with van der Waals surface area (Å²) in [6.45, 7) is 15.9. The van der Waals surface area contributed by atoms with E-state index in [0.29, 0.717) is 5.92 Å². The van der Waals surface area contributed by atoms with Crippen molar-refractivity contribution in [3.05, 3.63) is 70.7 Å². The summed E-state index contributed by atoms with van der Waals surface area (Å²) in [6.07, 6.45) is 8.08. The Bertz CT molecular complexity index is 643. The summed E-state index contributed by atoms with van der Waals surface area (Å²) in [5.41, 5.74) is 3.84. The van der Waals surface area contributed by atoms with Crippen molar-refractivity contribution in [1.82, 2.24) is 4.31 Å². The van der Waals surface area contributed by atoms with Gasteiger partial charge in [-0.3, -0.25) is 0 Å². The summed E-state index contributed by atoms with van der Waals surface area (Å²) in [5.74, 6) is 0.428. The molecule has 0 aromatic heterocycles. The van der Waals surface area contributed by atoms with E-state index in [2.05, 4.69) is 58.5 Å². The Labute approximate surface area is 156 Å². The zero-order valence-electron chi connectivity index (χ0n) is 16.4. The van der Waals surface area contributed by atoms with Crippen LogP contribution < -0.4 is 0 Å². The van der Waals surface area contributed by atoms with Gasteiger partial charge in [0, 0.05) is 18.0 Å². The molecule has 25 heavy (non-hydrogen) atoms. The number of benzene rings is 1. The first-order valence-corrected chi connectivity index (χ1v) is 10.3. The Morgan fingerprint density at radius 1 is 1.24 bits per heavy atom. The van der Waals surface area contributed by atoms with Gasteiger partial charge in [0.2, 0.25) is 0 Å². The molecule has 3 heteroatoms. The Kier molecular flexibility index (Phi) is 9.69. The third-order valence-electron chi connectivity index (χ3n) is 4.02. The number of rotatable bonds is 5. The molecule has 0 fully saturated rings. The second-order valence-electron chi connectivity index (χ2n) is 6.64. The van der Waals surface area contributed by atoms with Gasteiger partial charge >= 0.3 is 0 Å². The molecule has 1 atom stereocenters. The first kappa shape index (κ1) is 21.6. The maximum Gasteiger partial charge on any atom is 0.123 e. The zero-order chi connectivity index (χ0) is 18.8. The number of nitrogens with zero attached hydrogens (tertiary/aromatic N) is 1. The summed E-state index contributed by atoms with van der Waals surface area (Å²) >= 11 is 0. The molecule has 1 unspecified atom stereocenters. The smallest absolute Gasteiger partial charge is 0.123 e. The molecule has 1 aliphatic heterocycles. The molecule has 138 valence electrons. The van der Waals surface area contributed by atoms with Crippen molar-refractivity contribution < 1.29 is 4.21 Å². The monoisotopic (exact) mass is 359 g/mol. The fourth-order valence-corrected chi connectivity index (χ4v) is 3.69. The minimum atomic E-state index is -1.07. The number of hydrogen-bond donors (Lipinski definition) is 0. The lowest BCUT2D eigenvalue weighted by atomic mass is 10.0. The van der Waals surface area contributed by atoms with E-state index in [1.54, 1.807) is 0 Å². The minimum Gasteiger partial charge on any atom is -0.238 e. The van der Waals surface area contributed by atoms with Crippen LogP contribution in [0.15, 0.2) is 59.6 Å². The van der Waals surface area contributed by atoms with Crippen LogP contribution in [0, 0.1) is 5.92 Å². The molecule has 1 aliphatic rings. The van der Waals surface area contributed by atoms with Crippen LogP contribution in [0.25, 0.3) is 0 Å². The average Bonchev–Trinajstić information content (AvgIpc) is 2.61. The quantitative estimate of drug-likeness (QED) is 0.609. The molecule has 1 aromatic carbocycles. The van der Waals surface area contributed by atoms with E-state index >= 15 is 0 Å². The molecule has 0 bridgehead atoms. The van der Waals surface area contributed by atoms with E-state index < -0.39 is 11.0 Å². The van der Waals surface area contributed by atoms with Crippen molar-refractivity contribution in [3.8, 4) is 0 Å². The van der Waals surface area contributed by atoms with E-state index in [4.69, 9.17) is 0 Å². The van der Waals surface area contributed by atoms with Crippen molar-refractivity contribution in [1.29, 1.82) is 0 Å². The highest BCUT2D eigenvalue weighted by atomic mass is 32.2. The van der Waals surface area contributed by atoms with Crippen LogP contribution in [0.1, 0.15) is 52.2 Å². The molecule has 0 amide bonds. The average molecular weight is 360 g/mol. The standard InChI is InChI=1S/C19H25NOS.C3H8/c1-5-17(15(2)3)11-10-16(4)22(21)20-13-12-18-8-6-7-9-19(18)14-20;1-3-2/h5-11,15H,1,12-14H2,2-4H3;3H2,1-2H3/b16-10+,17-11+;. The maximum atomic E-state index is 12.7. The van der Waals surface area contributed by atoms with Crippen LogP contribution in [0.4, 0.5) is 0 Å². The molecule has 0 saturated heterocycles. The summed E-state index contributed by atoms with van der Waals surface area (Å²) in [6, 6.07) is 8.42. The predicted octanol–water partition coefficient (Wildman–Crippen LogP) is 5.80. The molecular weight excluding hydrogens is 326 g/mol. The molecule has 1 heterocycles. The van der Waals surface area contributed by atoms with Gasteiger partial charge in [-0.15, -0.1) is 0 Å². The molecule has 0 radical (unpaired) electrons. The van der Waals surface area contributed by atoms with Crippen LogP contribution in [0.5, 0.6) is 0 Å². The first-order chi connectivity index (χ1) is 11.9. The predicted molar refractivity (Wildman–Crippen MR) is 112 cm³/mol. The second kappa shape index (κ2) is 11.2. The van der Waals surface area contributed by atoms with Gasteiger partial charge in [0.05, 0.1) is 0 Å². The van der Waals surface area contributed by atoms with Gasteiger partial charge in [0.15, 0.2) is 0 Å². The molecule has 0 spiro atoms. The highest BCUT2D eigenvalue weighted by Gasteiger charge is 2.20.